The average Bonchev–Trinajstić information content (AvgIpc) is 2.78. The van der Waals surface area contributed by atoms with E-state index in [0.717, 1.165) is 24.2 Å². The number of H-pyrrole nitrogens is 1. The molecule has 1 aliphatic heterocycles. The normalized spacial score (nSPS) is 14.5. The van der Waals surface area contributed by atoms with Crippen LogP contribution in [0, 0.1) is 0 Å². The molecular formula is C10H16N4O. The molecule has 2 aromatic heterocycles. The van der Waals surface area contributed by atoms with Crippen molar-refractivity contribution in [1.82, 2.24) is 20.1 Å². The van der Waals surface area contributed by atoms with E-state index in [2.05, 4.69) is 15.4 Å². The first-order valence-corrected chi connectivity index (χ1v) is 5.06. The van der Waals surface area contributed by atoms with Crippen LogP contribution in [0.25, 0.3) is 11.0 Å². The highest BCUT2D eigenvalue weighted by molar-refractivity contribution is 5.77. The molecule has 3 heterocycles. The zero-order chi connectivity index (χ0) is 10.7. The van der Waals surface area contributed by atoms with E-state index in [1.165, 1.54) is 5.69 Å². The lowest BCUT2D eigenvalue weighted by molar-refractivity contribution is 0.0810. The van der Waals surface area contributed by atoms with Crippen molar-refractivity contribution in [3.8, 4) is 0 Å². The minimum atomic E-state index is 0.678. The van der Waals surface area contributed by atoms with E-state index in [4.69, 9.17) is 4.74 Å². The number of hydrogen-bond donors (Lipinski definition) is 2. The molecule has 0 unspecified atom stereocenters. The minimum Gasteiger partial charge on any atom is -0.373 e. The molecule has 0 atom stereocenters. The SMILES string of the molecule is CNC.c1cc2nn3c(c2[nH]1)COCC3. The van der Waals surface area contributed by atoms with Gasteiger partial charge in [0, 0.05) is 6.20 Å². The first kappa shape index (κ1) is 10.2. The quantitative estimate of drug-likeness (QED) is 0.671. The summed E-state index contributed by atoms with van der Waals surface area (Å²) in [5.41, 5.74) is 3.33. The summed E-state index contributed by atoms with van der Waals surface area (Å²) in [6, 6.07) is 1.99. The molecule has 0 saturated carbocycles. The topological polar surface area (TPSA) is 54.9 Å². The Labute approximate surface area is 88.4 Å². The van der Waals surface area contributed by atoms with Crippen LogP contribution in [-0.2, 0) is 17.9 Å². The number of nitrogens with zero attached hydrogens (tertiary/aromatic N) is 2. The Morgan fingerprint density at radius 2 is 2.33 bits per heavy atom. The minimum absolute atomic E-state index is 0.678. The van der Waals surface area contributed by atoms with Crippen LogP contribution in [0.1, 0.15) is 5.69 Å². The Kier molecular flexibility index (Phi) is 3.03. The van der Waals surface area contributed by atoms with Gasteiger partial charge >= 0.3 is 0 Å². The van der Waals surface area contributed by atoms with Crippen LogP contribution >= 0.6 is 0 Å². The predicted octanol–water partition coefficient (Wildman–Crippen LogP) is 0.730. The first-order valence-electron chi connectivity index (χ1n) is 5.06. The van der Waals surface area contributed by atoms with E-state index in [1.54, 1.807) is 0 Å². The van der Waals surface area contributed by atoms with Crippen LogP contribution in [-0.4, -0.2) is 35.5 Å². The van der Waals surface area contributed by atoms with Gasteiger partial charge in [0.05, 0.1) is 31.0 Å². The Balaban J connectivity index is 0.000000258. The highest BCUT2D eigenvalue weighted by Crippen LogP contribution is 2.19. The van der Waals surface area contributed by atoms with Crippen molar-refractivity contribution in [2.75, 3.05) is 20.7 Å². The number of ether oxygens (including phenoxy) is 1. The fourth-order valence-corrected chi connectivity index (χ4v) is 1.65. The average molecular weight is 208 g/mol. The summed E-state index contributed by atoms with van der Waals surface area (Å²) in [5.74, 6) is 0. The van der Waals surface area contributed by atoms with E-state index in [0.29, 0.717) is 6.61 Å². The molecule has 2 N–H and O–H groups in total. The molecule has 0 amide bonds. The largest absolute Gasteiger partial charge is 0.373 e. The third-order valence-electron chi connectivity index (χ3n) is 2.24. The fourth-order valence-electron chi connectivity index (χ4n) is 1.65. The van der Waals surface area contributed by atoms with Gasteiger partial charge in [0.15, 0.2) is 0 Å². The third-order valence-corrected chi connectivity index (χ3v) is 2.24. The second-order valence-corrected chi connectivity index (χ2v) is 3.46. The van der Waals surface area contributed by atoms with Gasteiger partial charge in [0.1, 0.15) is 5.52 Å². The number of hydrogen-bond acceptors (Lipinski definition) is 3. The van der Waals surface area contributed by atoms with Crippen molar-refractivity contribution in [2.45, 2.75) is 13.2 Å². The number of rotatable bonds is 0. The predicted molar refractivity (Wildman–Crippen MR) is 58.7 cm³/mol. The van der Waals surface area contributed by atoms with Crippen molar-refractivity contribution >= 4 is 11.0 Å². The maximum atomic E-state index is 5.35. The van der Waals surface area contributed by atoms with Gasteiger partial charge in [0.2, 0.25) is 0 Å². The lowest BCUT2D eigenvalue weighted by Crippen LogP contribution is -2.17. The molecule has 1 aliphatic rings. The molecule has 0 fully saturated rings. The van der Waals surface area contributed by atoms with E-state index >= 15 is 0 Å². The summed E-state index contributed by atoms with van der Waals surface area (Å²) < 4.78 is 7.37. The molecule has 5 heteroatoms. The number of fused-ring (bicyclic) bond motifs is 3. The van der Waals surface area contributed by atoms with Crippen LogP contribution in [0.5, 0.6) is 0 Å². The highest BCUT2D eigenvalue weighted by atomic mass is 16.5. The Morgan fingerprint density at radius 1 is 1.53 bits per heavy atom. The zero-order valence-corrected chi connectivity index (χ0v) is 9.08. The standard InChI is InChI=1S/C8H9N3O.C2H7N/c1-2-9-8-6(1)10-11-3-4-12-5-7(8)11;1-3-2/h1-2,9H,3-5H2;3H,1-2H3. The number of aromatic amines is 1. The van der Waals surface area contributed by atoms with Crippen LogP contribution in [0.3, 0.4) is 0 Å². The van der Waals surface area contributed by atoms with E-state index in [-0.39, 0.29) is 0 Å². The molecule has 0 bridgehead atoms. The van der Waals surface area contributed by atoms with E-state index < -0.39 is 0 Å². The molecule has 0 spiro atoms. The van der Waals surface area contributed by atoms with Crippen molar-refractivity contribution in [3.63, 3.8) is 0 Å². The molecule has 15 heavy (non-hydrogen) atoms. The second-order valence-electron chi connectivity index (χ2n) is 3.46. The van der Waals surface area contributed by atoms with E-state index in [9.17, 15) is 0 Å². The monoisotopic (exact) mass is 208 g/mol. The van der Waals surface area contributed by atoms with Crippen molar-refractivity contribution in [3.05, 3.63) is 18.0 Å². The van der Waals surface area contributed by atoms with Crippen LogP contribution < -0.4 is 5.32 Å². The van der Waals surface area contributed by atoms with Crippen molar-refractivity contribution in [2.24, 2.45) is 0 Å². The van der Waals surface area contributed by atoms with Gasteiger partial charge in [-0.1, -0.05) is 0 Å². The Bertz CT molecular complexity index is 431. The molecular weight excluding hydrogens is 192 g/mol. The summed E-state index contributed by atoms with van der Waals surface area (Å²) in [5, 5.41) is 7.17. The van der Waals surface area contributed by atoms with Crippen LogP contribution in [0.15, 0.2) is 12.3 Å². The highest BCUT2D eigenvalue weighted by Gasteiger charge is 2.15. The molecule has 2 aromatic rings. The molecule has 3 rings (SSSR count). The van der Waals surface area contributed by atoms with Gasteiger partial charge in [-0.2, -0.15) is 5.10 Å². The van der Waals surface area contributed by atoms with E-state index in [1.807, 2.05) is 31.0 Å². The van der Waals surface area contributed by atoms with Crippen LogP contribution in [0.4, 0.5) is 0 Å². The zero-order valence-electron chi connectivity index (χ0n) is 9.08. The van der Waals surface area contributed by atoms with Crippen LogP contribution in [0.2, 0.25) is 0 Å². The lowest BCUT2D eigenvalue weighted by atomic mass is 10.3. The van der Waals surface area contributed by atoms with Gasteiger partial charge in [0.25, 0.3) is 0 Å². The summed E-state index contributed by atoms with van der Waals surface area (Å²) in [4.78, 5) is 3.16. The Hall–Kier alpha value is -1.33. The van der Waals surface area contributed by atoms with Crippen molar-refractivity contribution < 1.29 is 4.74 Å². The molecule has 0 radical (unpaired) electrons. The molecule has 82 valence electrons. The van der Waals surface area contributed by atoms with Gasteiger partial charge < -0.3 is 15.0 Å². The molecule has 5 nitrogen and oxygen atoms in total. The van der Waals surface area contributed by atoms with Gasteiger partial charge in [-0.15, -0.1) is 0 Å². The molecule has 0 aromatic carbocycles. The molecule has 0 aliphatic carbocycles. The summed E-state index contributed by atoms with van der Waals surface area (Å²) >= 11 is 0. The third kappa shape index (κ3) is 1.88. The maximum Gasteiger partial charge on any atom is 0.110 e. The van der Waals surface area contributed by atoms with Gasteiger partial charge in [-0.3, -0.25) is 4.68 Å². The van der Waals surface area contributed by atoms with Gasteiger partial charge in [-0.05, 0) is 20.2 Å². The summed E-state index contributed by atoms with van der Waals surface area (Å²) in [6.45, 7) is 2.33. The number of nitrogens with one attached hydrogen (secondary N) is 2. The fraction of sp³-hybridized carbons (Fsp3) is 0.500. The summed E-state index contributed by atoms with van der Waals surface area (Å²) in [7, 11) is 3.75. The Morgan fingerprint density at radius 3 is 3.13 bits per heavy atom. The maximum absolute atomic E-state index is 5.35. The smallest absolute Gasteiger partial charge is 0.110 e. The summed E-state index contributed by atoms with van der Waals surface area (Å²) in [6.07, 6.45) is 1.91. The molecule has 0 saturated heterocycles. The first-order chi connectivity index (χ1) is 7.36. The van der Waals surface area contributed by atoms with Gasteiger partial charge in [-0.25, -0.2) is 0 Å². The second kappa shape index (κ2) is 4.46. The number of aromatic nitrogens is 3. The lowest BCUT2D eigenvalue weighted by Gasteiger charge is -2.13. The van der Waals surface area contributed by atoms with Crippen molar-refractivity contribution in [1.29, 1.82) is 0 Å².